The van der Waals surface area contributed by atoms with Crippen molar-refractivity contribution < 1.29 is 0 Å². The van der Waals surface area contributed by atoms with E-state index in [1.54, 1.807) is 12.3 Å². The van der Waals surface area contributed by atoms with Crippen molar-refractivity contribution in [1.29, 1.82) is 0 Å². The van der Waals surface area contributed by atoms with E-state index >= 15 is 0 Å². The summed E-state index contributed by atoms with van der Waals surface area (Å²) in [4.78, 5) is 4.11. The second kappa shape index (κ2) is 3.58. The molecule has 1 rings (SSSR count). The molecule has 0 amide bonds. The Morgan fingerprint density at radius 2 is 2.45 bits per heavy atom. The predicted octanol–water partition coefficient (Wildman–Crippen LogP) is 0.296. The second-order valence-corrected chi connectivity index (χ2v) is 2.08. The van der Waals surface area contributed by atoms with E-state index in [4.69, 9.17) is 6.42 Å². The predicted molar refractivity (Wildman–Crippen MR) is 46.9 cm³/mol. The van der Waals surface area contributed by atoms with Crippen molar-refractivity contribution in [3.63, 3.8) is 0 Å². The van der Waals surface area contributed by atoms with Gasteiger partial charge in [-0.15, -0.1) is 6.42 Å². The van der Waals surface area contributed by atoms with Gasteiger partial charge >= 0.3 is 0 Å². The number of rotatable bonds is 0. The molecule has 0 N–H and O–H groups in total. The average molecular weight is 143 g/mol. The first kappa shape index (κ1) is 7.56. The van der Waals surface area contributed by atoms with E-state index in [1.165, 1.54) is 0 Å². The Morgan fingerprint density at radius 3 is 3.09 bits per heavy atom. The number of pyridine rings is 1. The molecule has 11 heavy (non-hydrogen) atoms. The molecule has 1 heterocycles. The molecule has 0 saturated heterocycles. The van der Waals surface area contributed by atoms with Crippen LogP contribution in [-0.4, -0.2) is 4.98 Å². The molecule has 1 aromatic heterocycles. The zero-order valence-corrected chi connectivity index (χ0v) is 6.41. The molecule has 0 saturated carbocycles. The van der Waals surface area contributed by atoms with Crippen molar-refractivity contribution in [3.05, 3.63) is 28.9 Å². The van der Waals surface area contributed by atoms with Crippen molar-refractivity contribution >= 4 is 12.2 Å². The van der Waals surface area contributed by atoms with Gasteiger partial charge in [-0.1, -0.05) is 18.1 Å². The number of aromatic nitrogens is 1. The van der Waals surface area contributed by atoms with Gasteiger partial charge < -0.3 is 0 Å². The summed E-state index contributed by atoms with van der Waals surface area (Å²) >= 11 is 0. The first-order chi connectivity index (χ1) is 5.38. The van der Waals surface area contributed by atoms with E-state index in [0.717, 1.165) is 10.6 Å². The maximum atomic E-state index is 5.12. The molecule has 0 atom stereocenters. The van der Waals surface area contributed by atoms with Crippen molar-refractivity contribution in [2.45, 2.75) is 6.92 Å². The summed E-state index contributed by atoms with van der Waals surface area (Å²) in [5.74, 6) is 2.45. The monoisotopic (exact) mass is 143 g/mol. The number of nitrogens with zero attached hydrogens (tertiary/aromatic N) is 1. The Labute approximate surface area is 66.1 Å². The number of hydrogen-bond donors (Lipinski definition) is 0. The molecule has 0 aromatic carbocycles. The largest absolute Gasteiger partial charge is 0.256 e. The first-order valence-corrected chi connectivity index (χ1v) is 3.42. The lowest BCUT2D eigenvalue weighted by Crippen LogP contribution is -2.26. The standard InChI is InChI=1S/C10H9N/c1-3-6-10-9(4-2)7-5-8-11-10/h1,4-8H,2H3/b9-4-,10-6+. The summed E-state index contributed by atoms with van der Waals surface area (Å²) in [6.45, 7) is 1.96. The molecule has 0 bridgehead atoms. The second-order valence-electron chi connectivity index (χ2n) is 2.08. The maximum Gasteiger partial charge on any atom is 0.0781 e. The molecule has 0 spiro atoms. The van der Waals surface area contributed by atoms with Crippen LogP contribution in [0.4, 0.5) is 0 Å². The van der Waals surface area contributed by atoms with Crippen LogP contribution in [0.2, 0.25) is 0 Å². The zero-order valence-electron chi connectivity index (χ0n) is 6.41. The van der Waals surface area contributed by atoms with Gasteiger partial charge in [0.1, 0.15) is 0 Å². The van der Waals surface area contributed by atoms with Crippen LogP contribution in [0.5, 0.6) is 0 Å². The lowest BCUT2D eigenvalue weighted by Gasteiger charge is -1.84. The van der Waals surface area contributed by atoms with Crippen molar-refractivity contribution in [1.82, 2.24) is 4.98 Å². The van der Waals surface area contributed by atoms with Gasteiger partial charge in [-0.25, -0.2) is 0 Å². The van der Waals surface area contributed by atoms with E-state index in [2.05, 4.69) is 10.9 Å². The van der Waals surface area contributed by atoms with E-state index < -0.39 is 0 Å². The summed E-state index contributed by atoms with van der Waals surface area (Å²) in [5, 5.41) is 1.93. The third-order valence-electron chi connectivity index (χ3n) is 1.40. The molecule has 0 radical (unpaired) electrons. The highest BCUT2D eigenvalue weighted by molar-refractivity contribution is 5.42. The minimum atomic E-state index is 0.859. The fourth-order valence-electron chi connectivity index (χ4n) is 0.874. The summed E-state index contributed by atoms with van der Waals surface area (Å²) in [6.07, 6.45) is 10.5. The fourth-order valence-corrected chi connectivity index (χ4v) is 0.874. The normalized spacial score (nSPS) is 13.1. The molecule has 0 unspecified atom stereocenters. The van der Waals surface area contributed by atoms with Gasteiger partial charge in [0.05, 0.1) is 5.35 Å². The van der Waals surface area contributed by atoms with Gasteiger partial charge in [0, 0.05) is 12.3 Å². The molecule has 54 valence electrons. The van der Waals surface area contributed by atoms with Gasteiger partial charge in [0.25, 0.3) is 0 Å². The minimum absolute atomic E-state index is 0.859. The smallest absolute Gasteiger partial charge is 0.0781 e. The topological polar surface area (TPSA) is 12.9 Å². The van der Waals surface area contributed by atoms with Crippen molar-refractivity contribution in [3.8, 4) is 12.3 Å². The highest BCUT2D eigenvalue weighted by atomic mass is 14.6. The van der Waals surface area contributed by atoms with Crippen LogP contribution in [-0.2, 0) is 0 Å². The number of terminal acetylenes is 1. The first-order valence-electron chi connectivity index (χ1n) is 3.42. The molecule has 1 heteroatoms. The molecule has 0 fully saturated rings. The Morgan fingerprint density at radius 1 is 1.64 bits per heavy atom. The molecular formula is C10H9N. The molecule has 0 aliphatic carbocycles. The third-order valence-corrected chi connectivity index (χ3v) is 1.40. The van der Waals surface area contributed by atoms with Gasteiger partial charge in [-0.3, -0.25) is 4.98 Å². The van der Waals surface area contributed by atoms with Crippen LogP contribution in [0.25, 0.3) is 12.2 Å². The molecular weight excluding hydrogens is 134 g/mol. The van der Waals surface area contributed by atoms with E-state index in [1.807, 2.05) is 25.1 Å². The average Bonchev–Trinajstić information content (AvgIpc) is 2.06. The lowest BCUT2D eigenvalue weighted by atomic mass is 10.3. The van der Waals surface area contributed by atoms with Crippen molar-refractivity contribution in [2.75, 3.05) is 0 Å². The maximum absolute atomic E-state index is 5.12. The zero-order chi connectivity index (χ0) is 8.10. The third kappa shape index (κ3) is 1.68. The minimum Gasteiger partial charge on any atom is -0.256 e. The number of hydrogen-bond acceptors (Lipinski definition) is 1. The van der Waals surface area contributed by atoms with Gasteiger partial charge in [0.2, 0.25) is 0 Å². The molecule has 1 nitrogen and oxygen atoms in total. The Kier molecular flexibility index (Phi) is 2.46. The van der Waals surface area contributed by atoms with Crippen LogP contribution >= 0.6 is 0 Å². The van der Waals surface area contributed by atoms with Crippen LogP contribution in [0, 0.1) is 12.3 Å². The van der Waals surface area contributed by atoms with Crippen LogP contribution in [0.3, 0.4) is 0 Å². The van der Waals surface area contributed by atoms with Crippen LogP contribution in [0.1, 0.15) is 6.92 Å². The summed E-state index contributed by atoms with van der Waals surface area (Å²) in [5.41, 5.74) is 0. The van der Waals surface area contributed by atoms with E-state index in [0.29, 0.717) is 0 Å². The van der Waals surface area contributed by atoms with Gasteiger partial charge in [-0.2, -0.15) is 0 Å². The van der Waals surface area contributed by atoms with Gasteiger partial charge in [-0.05, 0) is 18.2 Å². The van der Waals surface area contributed by atoms with Gasteiger partial charge in [0.15, 0.2) is 0 Å². The Balaban J connectivity index is 3.52. The summed E-state index contributed by atoms with van der Waals surface area (Å²) < 4.78 is 0. The van der Waals surface area contributed by atoms with Crippen molar-refractivity contribution in [2.24, 2.45) is 0 Å². The van der Waals surface area contributed by atoms with E-state index in [-0.39, 0.29) is 0 Å². The SMILES string of the molecule is C#C/C=c1/nccc/c1=C/C. The Bertz CT molecular complexity index is 382. The fraction of sp³-hybridized carbons (Fsp3) is 0.100. The quantitative estimate of drug-likeness (QED) is 0.476. The van der Waals surface area contributed by atoms with Crippen LogP contribution < -0.4 is 10.6 Å². The lowest BCUT2D eigenvalue weighted by molar-refractivity contribution is 1.22. The highest BCUT2D eigenvalue weighted by Gasteiger charge is 1.79. The molecule has 0 aliphatic rings. The van der Waals surface area contributed by atoms with E-state index in [9.17, 15) is 0 Å². The summed E-state index contributed by atoms with van der Waals surface area (Å²) in [6, 6.07) is 3.87. The highest BCUT2D eigenvalue weighted by Crippen LogP contribution is 1.66. The Hall–Kier alpha value is -1.55. The molecule has 1 aromatic rings. The summed E-state index contributed by atoms with van der Waals surface area (Å²) in [7, 11) is 0. The van der Waals surface area contributed by atoms with Crippen LogP contribution in [0.15, 0.2) is 18.3 Å². The molecule has 0 aliphatic heterocycles.